The van der Waals surface area contributed by atoms with Gasteiger partial charge in [-0.25, -0.2) is 0 Å². The van der Waals surface area contributed by atoms with E-state index in [2.05, 4.69) is 0 Å². The smallest absolute Gasteiger partial charge is 0.229 e. The lowest BCUT2D eigenvalue weighted by molar-refractivity contribution is -0.307. The molecule has 41 heavy (non-hydrogen) atoms. The van der Waals surface area contributed by atoms with Gasteiger partial charge in [0.25, 0.3) is 0 Å². The monoisotopic (exact) mass is 582 g/mol. The predicted octanol–water partition coefficient (Wildman–Crippen LogP) is -1.69. The minimum atomic E-state index is -1.85. The first-order chi connectivity index (χ1) is 19.5. The molecule has 0 spiro atoms. The molecule has 15 nitrogen and oxygen atoms in total. The Morgan fingerprint density at radius 3 is 2.29 bits per heavy atom. The lowest BCUT2D eigenvalue weighted by Crippen LogP contribution is -2.61. The minimum absolute atomic E-state index is 0.000511. The van der Waals surface area contributed by atoms with Gasteiger partial charge in [-0.05, 0) is 12.1 Å². The zero-order valence-corrected chi connectivity index (χ0v) is 21.8. The Bertz CT molecular complexity index is 1460. The van der Waals surface area contributed by atoms with Crippen LogP contribution in [-0.2, 0) is 14.2 Å². The molecule has 1 aromatic heterocycles. The van der Waals surface area contributed by atoms with Crippen molar-refractivity contribution in [3.05, 3.63) is 34.5 Å². The van der Waals surface area contributed by atoms with E-state index in [0.717, 1.165) is 0 Å². The largest absolute Gasteiger partial charge is 0.504 e. The van der Waals surface area contributed by atoms with Crippen LogP contribution in [0, 0.1) is 0 Å². The van der Waals surface area contributed by atoms with Gasteiger partial charge in [-0.15, -0.1) is 0 Å². The van der Waals surface area contributed by atoms with Gasteiger partial charge < -0.3 is 68.6 Å². The average Bonchev–Trinajstić information content (AvgIpc) is 2.97. The van der Waals surface area contributed by atoms with Gasteiger partial charge in [-0.2, -0.15) is 0 Å². The number of hydrogen-bond acceptors (Lipinski definition) is 15. The number of aliphatic hydroxyl groups excluding tert-OH is 6. The molecule has 3 heterocycles. The molecule has 9 atom stereocenters. The average molecular weight is 583 g/mol. The Labute approximate surface area is 231 Å². The van der Waals surface area contributed by atoms with Crippen molar-refractivity contribution < 1.29 is 68.6 Å². The van der Waals surface area contributed by atoms with Crippen LogP contribution in [0.1, 0.15) is 0 Å². The fourth-order valence-electron chi connectivity index (χ4n) is 4.75. The molecule has 0 bridgehead atoms. The second-order valence-corrected chi connectivity index (χ2v) is 9.64. The molecule has 0 radical (unpaired) electrons. The maximum Gasteiger partial charge on any atom is 0.229 e. The number of fused-ring (bicyclic) bond motifs is 2. The summed E-state index contributed by atoms with van der Waals surface area (Å²) in [6.07, 6.45) is -14.4. The molecule has 2 fully saturated rings. The van der Waals surface area contributed by atoms with E-state index < -0.39 is 78.8 Å². The summed E-state index contributed by atoms with van der Waals surface area (Å²) in [7, 11) is 2.78. The SMILES string of the molecule is COc1cc(OC)c2c(=O)c3c(OC4OC(COC5OCC(O)C(O)C5O)C(O)C(O)C4O)c(O)ccc3oc2c1. The Morgan fingerprint density at radius 1 is 0.854 bits per heavy atom. The van der Waals surface area contributed by atoms with E-state index >= 15 is 0 Å². The summed E-state index contributed by atoms with van der Waals surface area (Å²) in [5.74, 6) is -0.471. The molecule has 2 aliphatic heterocycles. The number of aromatic hydroxyl groups is 1. The van der Waals surface area contributed by atoms with Crippen LogP contribution in [0.25, 0.3) is 21.9 Å². The predicted molar refractivity (Wildman–Crippen MR) is 136 cm³/mol. The summed E-state index contributed by atoms with van der Waals surface area (Å²) < 4.78 is 38.3. The van der Waals surface area contributed by atoms with E-state index in [4.69, 9.17) is 32.8 Å². The number of phenols is 1. The van der Waals surface area contributed by atoms with Gasteiger partial charge >= 0.3 is 0 Å². The van der Waals surface area contributed by atoms with Crippen molar-refractivity contribution in [2.75, 3.05) is 27.4 Å². The van der Waals surface area contributed by atoms with Crippen molar-refractivity contribution in [2.45, 2.75) is 55.3 Å². The summed E-state index contributed by atoms with van der Waals surface area (Å²) in [4.78, 5) is 13.6. The van der Waals surface area contributed by atoms with E-state index in [0.29, 0.717) is 5.75 Å². The maximum absolute atomic E-state index is 13.6. The van der Waals surface area contributed by atoms with Crippen LogP contribution in [0.5, 0.6) is 23.0 Å². The molecular formula is C26H30O15. The highest BCUT2D eigenvalue weighted by atomic mass is 16.7. The molecule has 5 rings (SSSR count). The molecule has 9 unspecified atom stereocenters. The van der Waals surface area contributed by atoms with Crippen LogP contribution in [0.4, 0.5) is 0 Å². The number of phenolic OH excluding ortho intramolecular Hbond substituents is 1. The second kappa shape index (κ2) is 11.6. The zero-order valence-electron chi connectivity index (χ0n) is 21.8. The van der Waals surface area contributed by atoms with Crippen molar-refractivity contribution in [3.8, 4) is 23.0 Å². The van der Waals surface area contributed by atoms with Crippen molar-refractivity contribution in [2.24, 2.45) is 0 Å². The Kier molecular flexibility index (Phi) is 8.24. The fourth-order valence-corrected chi connectivity index (χ4v) is 4.75. The van der Waals surface area contributed by atoms with E-state index in [1.807, 2.05) is 0 Å². The van der Waals surface area contributed by atoms with Gasteiger partial charge in [0.05, 0.1) is 27.4 Å². The topological polar surface area (TPSA) is 227 Å². The Morgan fingerprint density at radius 2 is 1.59 bits per heavy atom. The number of benzene rings is 2. The van der Waals surface area contributed by atoms with Gasteiger partial charge in [-0.1, -0.05) is 0 Å². The highest BCUT2D eigenvalue weighted by molar-refractivity contribution is 5.97. The summed E-state index contributed by atoms with van der Waals surface area (Å²) in [6, 6.07) is 5.47. The lowest BCUT2D eigenvalue weighted by atomic mass is 9.99. The van der Waals surface area contributed by atoms with Crippen LogP contribution >= 0.6 is 0 Å². The number of ether oxygens (including phenoxy) is 6. The first-order valence-corrected chi connectivity index (χ1v) is 12.5. The van der Waals surface area contributed by atoms with E-state index in [1.54, 1.807) is 0 Å². The summed E-state index contributed by atoms with van der Waals surface area (Å²) >= 11 is 0. The molecule has 224 valence electrons. The van der Waals surface area contributed by atoms with Crippen LogP contribution in [0.3, 0.4) is 0 Å². The first-order valence-electron chi connectivity index (χ1n) is 12.5. The van der Waals surface area contributed by atoms with Crippen molar-refractivity contribution >= 4 is 21.9 Å². The number of rotatable bonds is 7. The first kappa shape index (κ1) is 29.2. The van der Waals surface area contributed by atoms with Crippen LogP contribution in [0.2, 0.25) is 0 Å². The van der Waals surface area contributed by atoms with Gasteiger partial charge in [0, 0.05) is 12.1 Å². The molecule has 2 aromatic carbocycles. The highest BCUT2D eigenvalue weighted by Gasteiger charge is 2.47. The minimum Gasteiger partial charge on any atom is -0.504 e. The van der Waals surface area contributed by atoms with Crippen LogP contribution < -0.4 is 19.6 Å². The second-order valence-electron chi connectivity index (χ2n) is 9.64. The Balaban J connectivity index is 1.45. The zero-order chi connectivity index (χ0) is 29.6. The van der Waals surface area contributed by atoms with E-state index in [1.165, 1.54) is 38.5 Å². The third kappa shape index (κ3) is 5.27. The Hall–Kier alpha value is -3.25. The van der Waals surface area contributed by atoms with E-state index in [9.17, 15) is 40.5 Å². The van der Waals surface area contributed by atoms with Crippen LogP contribution in [0.15, 0.2) is 33.5 Å². The van der Waals surface area contributed by atoms with Crippen LogP contribution in [-0.4, -0.2) is 118 Å². The summed E-state index contributed by atoms with van der Waals surface area (Å²) in [5.41, 5.74) is -0.521. The fraction of sp³-hybridized carbons (Fsp3) is 0.500. The molecule has 7 N–H and O–H groups in total. The molecular weight excluding hydrogens is 552 g/mol. The molecule has 3 aromatic rings. The normalized spacial score (nSPS) is 32.2. The maximum atomic E-state index is 13.6. The van der Waals surface area contributed by atoms with Gasteiger partial charge in [0.15, 0.2) is 17.8 Å². The molecule has 0 amide bonds. The van der Waals surface area contributed by atoms with Gasteiger partial charge in [0.2, 0.25) is 11.7 Å². The molecule has 0 saturated carbocycles. The third-order valence-corrected chi connectivity index (χ3v) is 7.05. The van der Waals surface area contributed by atoms with E-state index in [-0.39, 0.29) is 34.3 Å². The third-order valence-electron chi connectivity index (χ3n) is 7.05. The van der Waals surface area contributed by atoms with Gasteiger partial charge in [0.1, 0.15) is 76.2 Å². The summed E-state index contributed by atoms with van der Waals surface area (Å²) in [6.45, 7) is -0.859. The quantitative estimate of drug-likeness (QED) is 0.154. The van der Waals surface area contributed by atoms with Crippen molar-refractivity contribution in [1.82, 2.24) is 0 Å². The van der Waals surface area contributed by atoms with Crippen molar-refractivity contribution in [3.63, 3.8) is 0 Å². The molecule has 0 aliphatic carbocycles. The highest BCUT2D eigenvalue weighted by Crippen LogP contribution is 2.39. The lowest BCUT2D eigenvalue weighted by Gasteiger charge is -2.41. The van der Waals surface area contributed by atoms with Crippen molar-refractivity contribution in [1.29, 1.82) is 0 Å². The molecule has 2 aliphatic rings. The number of methoxy groups -OCH3 is 2. The summed E-state index contributed by atoms with van der Waals surface area (Å²) in [5, 5.41) is 71.5. The number of aliphatic hydroxyl groups is 6. The number of hydrogen-bond donors (Lipinski definition) is 7. The molecule has 15 heteroatoms. The molecule has 2 saturated heterocycles. The van der Waals surface area contributed by atoms with Gasteiger partial charge in [-0.3, -0.25) is 4.79 Å². The standard InChI is InChI=1S/C26H30O15/c1-35-9-5-13(36-2)16-14(6-9)39-12-4-3-10(27)24(17(12)20(16)31)41-26-23(34)21(32)19(30)15(40-26)8-38-25-22(33)18(29)11(28)7-37-25/h3-6,11,15,18-19,21-23,25-30,32-34H,7-8H2,1-2H3.